The molecule has 0 aliphatic heterocycles. The van der Waals surface area contributed by atoms with Crippen LogP contribution in [0, 0.1) is 0 Å². The maximum Gasteiger partial charge on any atom is 0.0431 e. The highest BCUT2D eigenvalue weighted by Crippen LogP contribution is 2.17. The highest BCUT2D eigenvalue weighted by molar-refractivity contribution is 9.10. The van der Waals surface area contributed by atoms with Crippen molar-refractivity contribution in [2.45, 2.75) is 32.1 Å². The van der Waals surface area contributed by atoms with Crippen LogP contribution < -0.4 is 4.90 Å². The minimum Gasteiger partial charge on any atom is -0.396 e. The molecule has 1 N–H and O–H groups in total. The molecule has 0 aliphatic carbocycles. The van der Waals surface area contributed by atoms with Gasteiger partial charge in [0.1, 0.15) is 0 Å². The van der Waals surface area contributed by atoms with Crippen molar-refractivity contribution in [1.82, 2.24) is 0 Å². The van der Waals surface area contributed by atoms with Gasteiger partial charge in [0.15, 0.2) is 0 Å². The first-order valence-corrected chi connectivity index (χ1v) is 7.11. The van der Waals surface area contributed by atoms with Gasteiger partial charge in [-0.2, -0.15) is 0 Å². The zero-order valence-corrected chi connectivity index (χ0v) is 12.1. The quantitative estimate of drug-likeness (QED) is 0.738. The molecule has 1 rings (SSSR count). The highest BCUT2D eigenvalue weighted by atomic mass is 79.9. The number of hydrogen-bond donors (Lipinski definition) is 1. The van der Waals surface area contributed by atoms with Gasteiger partial charge in [0, 0.05) is 30.4 Å². The zero-order valence-electron chi connectivity index (χ0n) is 10.5. The number of rotatable bonds is 8. The van der Waals surface area contributed by atoms with Crippen molar-refractivity contribution in [3.63, 3.8) is 0 Å². The Bertz CT molecular complexity index is 300. The lowest BCUT2D eigenvalue weighted by molar-refractivity contribution is 0.282. The van der Waals surface area contributed by atoms with Gasteiger partial charge in [0.25, 0.3) is 0 Å². The van der Waals surface area contributed by atoms with Gasteiger partial charge in [0.05, 0.1) is 0 Å². The topological polar surface area (TPSA) is 23.5 Å². The van der Waals surface area contributed by atoms with Crippen molar-refractivity contribution in [3.8, 4) is 0 Å². The van der Waals surface area contributed by atoms with E-state index in [1.165, 1.54) is 24.9 Å². The molecule has 0 unspecified atom stereocenters. The molecule has 0 atom stereocenters. The summed E-state index contributed by atoms with van der Waals surface area (Å²) >= 11 is 3.44. The van der Waals surface area contributed by atoms with Crippen LogP contribution in [0.3, 0.4) is 0 Å². The van der Waals surface area contributed by atoms with Crippen LogP contribution in [-0.2, 0) is 0 Å². The van der Waals surface area contributed by atoms with E-state index in [1.54, 1.807) is 0 Å². The summed E-state index contributed by atoms with van der Waals surface area (Å²) < 4.78 is 1.12. The first-order valence-electron chi connectivity index (χ1n) is 6.31. The van der Waals surface area contributed by atoms with Gasteiger partial charge in [-0.1, -0.05) is 35.2 Å². The molecule has 17 heavy (non-hydrogen) atoms. The molecule has 0 saturated heterocycles. The fraction of sp³-hybridized carbons (Fsp3) is 0.571. The predicted molar refractivity (Wildman–Crippen MR) is 77.6 cm³/mol. The number of halogens is 1. The Morgan fingerprint density at radius 3 is 2.24 bits per heavy atom. The first-order chi connectivity index (χ1) is 8.24. The van der Waals surface area contributed by atoms with Crippen LogP contribution in [0.4, 0.5) is 5.69 Å². The Kier molecular flexibility index (Phi) is 7.29. The molecular formula is C14H22BrNO. The lowest BCUT2D eigenvalue weighted by Gasteiger charge is -2.19. The molecule has 0 bridgehead atoms. The second-order valence-corrected chi connectivity index (χ2v) is 5.31. The summed E-state index contributed by atoms with van der Waals surface area (Å²) in [4.78, 5) is 2.29. The third kappa shape index (κ3) is 6.08. The fourth-order valence-corrected chi connectivity index (χ4v) is 2.08. The van der Waals surface area contributed by atoms with Crippen molar-refractivity contribution in [3.05, 3.63) is 28.7 Å². The Balaban J connectivity index is 2.16. The highest BCUT2D eigenvalue weighted by Gasteiger charge is 2.00. The van der Waals surface area contributed by atoms with Crippen molar-refractivity contribution in [2.24, 2.45) is 0 Å². The van der Waals surface area contributed by atoms with Crippen LogP contribution in [0.15, 0.2) is 28.7 Å². The van der Waals surface area contributed by atoms with Crippen molar-refractivity contribution in [1.29, 1.82) is 0 Å². The number of aliphatic hydroxyl groups is 1. The van der Waals surface area contributed by atoms with E-state index >= 15 is 0 Å². The summed E-state index contributed by atoms with van der Waals surface area (Å²) in [6, 6.07) is 8.42. The Labute approximate surface area is 113 Å². The summed E-state index contributed by atoms with van der Waals surface area (Å²) in [7, 11) is 2.14. The molecule has 0 aromatic heterocycles. The summed E-state index contributed by atoms with van der Waals surface area (Å²) in [6.07, 6.45) is 5.80. The van der Waals surface area contributed by atoms with E-state index in [0.717, 1.165) is 23.9 Å². The smallest absolute Gasteiger partial charge is 0.0431 e. The van der Waals surface area contributed by atoms with E-state index in [9.17, 15) is 0 Å². The van der Waals surface area contributed by atoms with Crippen LogP contribution >= 0.6 is 15.9 Å². The average molecular weight is 300 g/mol. The van der Waals surface area contributed by atoms with Crippen LogP contribution in [0.25, 0.3) is 0 Å². The van der Waals surface area contributed by atoms with Crippen LogP contribution in [-0.4, -0.2) is 25.3 Å². The van der Waals surface area contributed by atoms with Gasteiger partial charge in [-0.3, -0.25) is 0 Å². The van der Waals surface area contributed by atoms with Gasteiger partial charge in [-0.25, -0.2) is 0 Å². The molecule has 0 fully saturated rings. The van der Waals surface area contributed by atoms with Crippen LogP contribution in [0.2, 0.25) is 0 Å². The van der Waals surface area contributed by atoms with E-state index in [2.05, 4.69) is 52.1 Å². The van der Waals surface area contributed by atoms with Crippen LogP contribution in [0.5, 0.6) is 0 Å². The van der Waals surface area contributed by atoms with E-state index in [0.29, 0.717) is 6.61 Å². The molecule has 1 aromatic carbocycles. The van der Waals surface area contributed by atoms with Crippen molar-refractivity contribution >= 4 is 21.6 Å². The summed E-state index contributed by atoms with van der Waals surface area (Å²) in [5.74, 6) is 0. The molecule has 2 nitrogen and oxygen atoms in total. The third-order valence-corrected chi connectivity index (χ3v) is 3.45. The molecule has 0 aliphatic rings. The van der Waals surface area contributed by atoms with Crippen LogP contribution in [0.1, 0.15) is 32.1 Å². The number of nitrogens with zero attached hydrogens (tertiary/aromatic N) is 1. The largest absolute Gasteiger partial charge is 0.396 e. The van der Waals surface area contributed by atoms with E-state index in [-0.39, 0.29) is 0 Å². The van der Waals surface area contributed by atoms with Crippen molar-refractivity contribution in [2.75, 3.05) is 25.1 Å². The molecule has 0 radical (unpaired) electrons. The molecular weight excluding hydrogens is 278 g/mol. The maximum absolute atomic E-state index is 8.67. The molecule has 1 aromatic rings. The SMILES string of the molecule is CN(CCCCCCCO)c1ccc(Br)cc1. The third-order valence-electron chi connectivity index (χ3n) is 2.92. The second kappa shape index (κ2) is 8.54. The number of unbranched alkanes of at least 4 members (excludes halogenated alkanes) is 4. The van der Waals surface area contributed by atoms with Gasteiger partial charge in [0.2, 0.25) is 0 Å². The van der Waals surface area contributed by atoms with E-state index in [4.69, 9.17) is 5.11 Å². The first kappa shape index (κ1) is 14.5. The van der Waals surface area contributed by atoms with Gasteiger partial charge in [-0.15, -0.1) is 0 Å². The van der Waals surface area contributed by atoms with E-state index in [1.807, 2.05) is 0 Å². The average Bonchev–Trinajstić information content (AvgIpc) is 2.34. The zero-order chi connectivity index (χ0) is 12.5. The maximum atomic E-state index is 8.67. The Morgan fingerprint density at radius 2 is 1.59 bits per heavy atom. The van der Waals surface area contributed by atoms with E-state index < -0.39 is 0 Å². The number of hydrogen-bond acceptors (Lipinski definition) is 2. The second-order valence-electron chi connectivity index (χ2n) is 4.39. The number of benzene rings is 1. The molecule has 3 heteroatoms. The van der Waals surface area contributed by atoms with Crippen molar-refractivity contribution < 1.29 is 5.11 Å². The molecule has 0 spiro atoms. The molecule has 0 heterocycles. The summed E-state index contributed by atoms with van der Waals surface area (Å²) in [6.45, 7) is 1.43. The van der Waals surface area contributed by atoms with Gasteiger partial charge >= 0.3 is 0 Å². The summed E-state index contributed by atoms with van der Waals surface area (Å²) in [5.41, 5.74) is 1.27. The standard InChI is InChI=1S/C14H22BrNO/c1-16(11-5-3-2-4-6-12-17)14-9-7-13(15)8-10-14/h7-10,17H,2-6,11-12H2,1H3. The fourth-order valence-electron chi connectivity index (χ4n) is 1.82. The predicted octanol–water partition coefficient (Wildman–Crippen LogP) is 3.83. The van der Waals surface area contributed by atoms with Gasteiger partial charge < -0.3 is 10.0 Å². The lowest BCUT2D eigenvalue weighted by Crippen LogP contribution is -2.18. The Hall–Kier alpha value is -0.540. The minimum absolute atomic E-state index is 0.332. The number of aliphatic hydroxyl groups excluding tert-OH is 1. The molecule has 0 amide bonds. The minimum atomic E-state index is 0.332. The molecule has 96 valence electrons. The molecule has 0 saturated carbocycles. The Morgan fingerprint density at radius 1 is 1.00 bits per heavy atom. The number of anilines is 1. The monoisotopic (exact) mass is 299 g/mol. The lowest BCUT2D eigenvalue weighted by atomic mass is 10.1. The summed E-state index contributed by atoms with van der Waals surface area (Å²) in [5, 5.41) is 8.67. The normalized spacial score (nSPS) is 10.5. The van der Waals surface area contributed by atoms with Gasteiger partial charge in [-0.05, 0) is 37.1 Å².